The highest BCUT2D eigenvalue weighted by Crippen LogP contribution is 2.32. The Morgan fingerprint density at radius 1 is 0.929 bits per heavy atom. The highest BCUT2D eigenvalue weighted by atomic mass is 32.1. The molecule has 144 valence electrons. The standard InChI is InChI=1S/C23H23NO3S/c25-23(11-9-19-8-10-21-22(15-19)27-17-26-21)24(16-20-7-4-14-28-20)13-12-18-5-2-1-3-6-18/h1-8,10,14-15H,9,11-13,16-17H2. The Morgan fingerprint density at radius 3 is 2.61 bits per heavy atom. The summed E-state index contributed by atoms with van der Waals surface area (Å²) in [5.41, 5.74) is 2.35. The van der Waals surface area contributed by atoms with Gasteiger partial charge in [0.2, 0.25) is 12.7 Å². The van der Waals surface area contributed by atoms with Crippen LogP contribution >= 0.6 is 11.3 Å². The largest absolute Gasteiger partial charge is 0.454 e. The topological polar surface area (TPSA) is 38.8 Å². The van der Waals surface area contributed by atoms with E-state index in [9.17, 15) is 4.79 Å². The number of benzene rings is 2. The molecule has 0 atom stereocenters. The van der Waals surface area contributed by atoms with Gasteiger partial charge in [-0.2, -0.15) is 0 Å². The number of hydrogen-bond acceptors (Lipinski definition) is 4. The van der Waals surface area contributed by atoms with Gasteiger partial charge in [-0.3, -0.25) is 4.79 Å². The van der Waals surface area contributed by atoms with Crippen LogP contribution in [0.5, 0.6) is 11.5 Å². The van der Waals surface area contributed by atoms with Crippen LogP contribution in [0.3, 0.4) is 0 Å². The predicted molar refractivity (Wildman–Crippen MR) is 111 cm³/mol. The Hall–Kier alpha value is -2.79. The Balaban J connectivity index is 1.38. The van der Waals surface area contributed by atoms with Crippen molar-refractivity contribution in [3.8, 4) is 11.5 Å². The average molecular weight is 394 g/mol. The zero-order valence-corrected chi connectivity index (χ0v) is 16.5. The molecular weight excluding hydrogens is 370 g/mol. The van der Waals surface area contributed by atoms with Crippen molar-refractivity contribution in [2.75, 3.05) is 13.3 Å². The minimum absolute atomic E-state index is 0.182. The molecule has 0 unspecified atom stereocenters. The lowest BCUT2D eigenvalue weighted by atomic mass is 10.1. The van der Waals surface area contributed by atoms with E-state index in [-0.39, 0.29) is 12.7 Å². The number of carbonyl (C=O) groups excluding carboxylic acids is 1. The van der Waals surface area contributed by atoms with Crippen molar-refractivity contribution in [2.24, 2.45) is 0 Å². The van der Waals surface area contributed by atoms with E-state index >= 15 is 0 Å². The fourth-order valence-corrected chi connectivity index (χ4v) is 4.02. The maximum atomic E-state index is 13.0. The van der Waals surface area contributed by atoms with E-state index in [1.807, 2.05) is 47.4 Å². The minimum Gasteiger partial charge on any atom is -0.454 e. The predicted octanol–water partition coefficient (Wildman–Crippen LogP) is 4.68. The Morgan fingerprint density at radius 2 is 1.79 bits per heavy atom. The van der Waals surface area contributed by atoms with Gasteiger partial charge in [0.15, 0.2) is 11.5 Å². The summed E-state index contributed by atoms with van der Waals surface area (Å²) in [6, 6.07) is 20.3. The first-order valence-corrected chi connectivity index (χ1v) is 10.4. The quantitative estimate of drug-likeness (QED) is 0.558. The molecule has 0 radical (unpaired) electrons. The Kier molecular flexibility index (Phi) is 5.92. The lowest BCUT2D eigenvalue weighted by Gasteiger charge is -2.22. The zero-order chi connectivity index (χ0) is 19.2. The molecule has 0 saturated heterocycles. The number of ether oxygens (including phenoxy) is 2. The van der Waals surface area contributed by atoms with Crippen LogP contribution in [0.15, 0.2) is 66.0 Å². The molecule has 0 bridgehead atoms. The van der Waals surface area contributed by atoms with E-state index in [2.05, 4.69) is 23.6 Å². The first-order valence-electron chi connectivity index (χ1n) is 9.50. The number of nitrogens with zero attached hydrogens (tertiary/aromatic N) is 1. The van der Waals surface area contributed by atoms with E-state index in [4.69, 9.17) is 9.47 Å². The van der Waals surface area contributed by atoms with Crippen molar-refractivity contribution in [3.63, 3.8) is 0 Å². The molecule has 28 heavy (non-hydrogen) atoms. The molecule has 0 spiro atoms. The molecule has 0 saturated carbocycles. The monoisotopic (exact) mass is 393 g/mol. The summed E-state index contributed by atoms with van der Waals surface area (Å²) in [4.78, 5) is 16.2. The molecule has 3 aromatic rings. The molecule has 4 nitrogen and oxygen atoms in total. The van der Waals surface area contributed by atoms with Crippen molar-refractivity contribution in [1.82, 2.24) is 4.90 Å². The summed E-state index contributed by atoms with van der Waals surface area (Å²) >= 11 is 1.69. The van der Waals surface area contributed by atoms with Crippen LogP contribution in [0.25, 0.3) is 0 Å². The van der Waals surface area contributed by atoms with Gasteiger partial charge in [0.05, 0.1) is 6.54 Å². The van der Waals surface area contributed by atoms with Gasteiger partial charge in [-0.25, -0.2) is 0 Å². The van der Waals surface area contributed by atoms with Crippen molar-refractivity contribution in [3.05, 3.63) is 82.0 Å². The molecule has 2 heterocycles. The third kappa shape index (κ3) is 4.73. The third-order valence-electron chi connectivity index (χ3n) is 4.86. The normalized spacial score (nSPS) is 12.1. The molecule has 0 aliphatic carbocycles. The van der Waals surface area contributed by atoms with Gasteiger partial charge >= 0.3 is 0 Å². The van der Waals surface area contributed by atoms with Gasteiger partial charge in [0, 0.05) is 17.8 Å². The van der Waals surface area contributed by atoms with Crippen LogP contribution in [0.4, 0.5) is 0 Å². The van der Waals surface area contributed by atoms with E-state index in [1.165, 1.54) is 10.4 Å². The Bertz CT molecular complexity index is 909. The second-order valence-corrected chi connectivity index (χ2v) is 7.85. The van der Waals surface area contributed by atoms with Gasteiger partial charge in [-0.15, -0.1) is 11.3 Å². The van der Waals surface area contributed by atoms with Crippen LogP contribution in [-0.4, -0.2) is 24.1 Å². The molecule has 4 rings (SSSR count). The number of aryl methyl sites for hydroxylation is 1. The number of hydrogen-bond donors (Lipinski definition) is 0. The SMILES string of the molecule is O=C(CCc1ccc2c(c1)OCO2)N(CCc1ccccc1)Cc1cccs1. The fourth-order valence-electron chi connectivity index (χ4n) is 3.30. The lowest BCUT2D eigenvalue weighted by molar-refractivity contribution is -0.131. The molecule has 2 aromatic carbocycles. The van der Waals surface area contributed by atoms with Gasteiger partial charge in [-0.05, 0) is 47.5 Å². The second kappa shape index (κ2) is 8.93. The summed E-state index contributed by atoms with van der Waals surface area (Å²) in [6.45, 7) is 1.66. The molecule has 0 fully saturated rings. The van der Waals surface area contributed by atoms with Crippen molar-refractivity contribution >= 4 is 17.2 Å². The van der Waals surface area contributed by atoms with Gasteiger partial charge < -0.3 is 14.4 Å². The van der Waals surface area contributed by atoms with Crippen molar-refractivity contribution < 1.29 is 14.3 Å². The summed E-state index contributed by atoms with van der Waals surface area (Å²) in [5, 5.41) is 2.06. The first kappa shape index (κ1) is 18.6. The molecule has 1 aromatic heterocycles. The molecule has 1 aliphatic heterocycles. The molecule has 1 aliphatic rings. The van der Waals surface area contributed by atoms with E-state index < -0.39 is 0 Å². The van der Waals surface area contributed by atoms with Crippen molar-refractivity contribution in [2.45, 2.75) is 25.8 Å². The molecule has 0 N–H and O–H groups in total. The lowest BCUT2D eigenvalue weighted by Crippen LogP contribution is -2.32. The maximum absolute atomic E-state index is 13.0. The second-order valence-electron chi connectivity index (χ2n) is 6.82. The summed E-state index contributed by atoms with van der Waals surface area (Å²) < 4.78 is 10.8. The number of amides is 1. The summed E-state index contributed by atoms with van der Waals surface area (Å²) in [5.74, 6) is 1.73. The average Bonchev–Trinajstić information content (AvgIpc) is 3.41. The molecular formula is C23H23NO3S. The van der Waals surface area contributed by atoms with Gasteiger partial charge in [0.1, 0.15) is 0 Å². The van der Waals surface area contributed by atoms with Gasteiger partial charge in [0.25, 0.3) is 0 Å². The minimum atomic E-state index is 0.182. The third-order valence-corrected chi connectivity index (χ3v) is 5.72. The fraction of sp³-hybridized carbons (Fsp3) is 0.261. The number of fused-ring (bicyclic) bond motifs is 1. The van der Waals surface area contributed by atoms with Crippen LogP contribution in [0.2, 0.25) is 0 Å². The van der Waals surface area contributed by atoms with Crippen LogP contribution in [0, 0.1) is 0 Å². The number of rotatable bonds is 8. The summed E-state index contributed by atoms with van der Waals surface area (Å²) in [7, 11) is 0. The van der Waals surface area contributed by atoms with Crippen molar-refractivity contribution in [1.29, 1.82) is 0 Å². The molecule has 5 heteroatoms. The van der Waals surface area contributed by atoms with E-state index in [1.54, 1.807) is 11.3 Å². The first-order chi connectivity index (χ1) is 13.8. The smallest absolute Gasteiger partial charge is 0.231 e. The van der Waals surface area contributed by atoms with Crippen LogP contribution in [0.1, 0.15) is 22.4 Å². The molecule has 1 amide bonds. The Labute approximate surface area is 169 Å². The number of thiophene rings is 1. The maximum Gasteiger partial charge on any atom is 0.231 e. The highest BCUT2D eigenvalue weighted by molar-refractivity contribution is 7.09. The number of carbonyl (C=O) groups is 1. The van der Waals surface area contributed by atoms with E-state index in [0.717, 1.165) is 30.0 Å². The van der Waals surface area contributed by atoms with E-state index in [0.29, 0.717) is 19.4 Å². The van der Waals surface area contributed by atoms with Crippen LogP contribution in [-0.2, 0) is 24.2 Å². The van der Waals surface area contributed by atoms with Crippen LogP contribution < -0.4 is 9.47 Å². The zero-order valence-electron chi connectivity index (χ0n) is 15.7. The summed E-state index contributed by atoms with van der Waals surface area (Å²) in [6.07, 6.45) is 2.05. The van der Waals surface area contributed by atoms with Gasteiger partial charge in [-0.1, -0.05) is 42.5 Å². The highest BCUT2D eigenvalue weighted by Gasteiger charge is 2.17.